The first-order chi connectivity index (χ1) is 15.4. The lowest BCUT2D eigenvalue weighted by molar-refractivity contribution is -0.122. The molecule has 1 aliphatic heterocycles. The molecular formula is C24H18N2O5S. The number of anilines is 1. The predicted octanol–water partition coefficient (Wildman–Crippen LogP) is 4.04. The van der Waals surface area contributed by atoms with Crippen LogP contribution in [-0.4, -0.2) is 28.0 Å². The van der Waals surface area contributed by atoms with E-state index in [0.717, 1.165) is 12.0 Å². The Balaban J connectivity index is 1.65. The number of rotatable bonds is 5. The molecule has 0 aliphatic carbocycles. The van der Waals surface area contributed by atoms with Crippen LogP contribution in [0.2, 0.25) is 0 Å². The summed E-state index contributed by atoms with van der Waals surface area (Å²) in [4.78, 5) is 38.0. The normalized spacial score (nSPS) is 15.2. The second-order valence-corrected chi connectivity index (χ2v) is 7.45. The highest BCUT2D eigenvalue weighted by Gasteiger charge is 2.34. The number of nitrogens with one attached hydrogen (secondary N) is 1. The summed E-state index contributed by atoms with van der Waals surface area (Å²) in [6.07, 6.45) is 2.20. The number of amides is 2. The number of nitrogens with zero attached hydrogens (tertiary/aromatic N) is 1. The van der Waals surface area contributed by atoms with Gasteiger partial charge in [-0.05, 0) is 66.7 Å². The fourth-order valence-corrected chi connectivity index (χ4v) is 3.59. The lowest BCUT2D eigenvalue weighted by Crippen LogP contribution is -2.54. The summed E-state index contributed by atoms with van der Waals surface area (Å²) < 4.78 is 5.75. The standard InChI is InChI=1S/C24H18N2O5S/c1-2-14-6-8-17(9-7-14)26-22(28)19(21(27)25-24(26)32)13-18-10-11-20(31-18)15-4-3-5-16(12-15)23(29)30/h3-13H,2H2,1H3,(H,29,30)(H,25,27,32)/b19-13-. The van der Waals surface area contributed by atoms with Gasteiger partial charge in [0, 0.05) is 5.56 Å². The minimum Gasteiger partial charge on any atom is -0.478 e. The first kappa shape index (κ1) is 21.2. The smallest absolute Gasteiger partial charge is 0.335 e. The van der Waals surface area contributed by atoms with E-state index in [1.54, 1.807) is 36.4 Å². The summed E-state index contributed by atoms with van der Waals surface area (Å²) in [5.74, 6) is -1.55. The van der Waals surface area contributed by atoms with E-state index in [1.165, 1.54) is 23.1 Å². The Kier molecular flexibility index (Phi) is 5.70. The number of hydrogen-bond donors (Lipinski definition) is 2. The maximum atomic E-state index is 13.1. The molecule has 8 heteroatoms. The topological polar surface area (TPSA) is 99.8 Å². The number of carbonyl (C=O) groups excluding carboxylic acids is 2. The van der Waals surface area contributed by atoms with Crippen LogP contribution in [0.5, 0.6) is 0 Å². The number of carboxylic acids is 1. The monoisotopic (exact) mass is 446 g/mol. The zero-order valence-electron chi connectivity index (χ0n) is 17.0. The van der Waals surface area contributed by atoms with E-state index in [1.807, 2.05) is 19.1 Å². The highest BCUT2D eigenvalue weighted by Crippen LogP contribution is 2.26. The molecule has 1 aromatic heterocycles. The Morgan fingerprint density at radius 3 is 2.56 bits per heavy atom. The van der Waals surface area contributed by atoms with Gasteiger partial charge in [-0.15, -0.1) is 0 Å². The van der Waals surface area contributed by atoms with Crippen LogP contribution in [0.3, 0.4) is 0 Å². The van der Waals surface area contributed by atoms with Crippen molar-refractivity contribution in [2.45, 2.75) is 13.3 Å². The Morgan fingerprint density at radius 1 is 1.12 bits per heavy atom. The molecule has 0 unspecified atom stereocenters. The molecule has 2 aromatic carbocycles. The fourth-order valence-electron chi connectivity index (χ4n) is 3.31. The zero-order chi connectivity index (χ0) is 22.8. The van der Waals surface area contributed by atoms with E-state index in [2.05, 4.69) is 5.32 Å². The van der Waals surface area contributed by atoms with Crippen molar-refractivity contribution in [1.82, 2.24) is 5.32 Å². The van der Waals surface area contributed by atoms with Crippen LogP contribution in [0, 0.1) is 0 Å². The van der Waals surface area contributed by atoms with Crippen LogP contribution in [0.25, 0.3) is 17.4 Å². The van der Waals surface area contributed by atoms with Gasteiger partial charge in [0.2, 0.25) is 0 Å². The average Bonchev–Trinajstić information content (AvgIpc) is 3.26. The highest BCUT2D eigenvalue weighted by molar-refractivity contribution is 7.80. The van der Waals surface area contributed by atoms with E-state index in [0.29, 0.717) is 17.0 Å². The third-order valence-corrected chi connectivity index (χ3v) is 5.30. The molecule has 0 saturated carbocycles. The van der Waals surface area contributed by atoms with Crippen molar-refractivity contribution in [2.75, 3.05) is 4.90 Å². The van der Waals surface area contributed by atoms with Gasteiger partial charge in [0.1, 0.15) is 17.1 Å². The van der Waals surface area contributed by atoms with Crippen molar-refractivity contribution in [2.24, 2.45) is 0 Å². The van der Waals surface area contributed by atoms with Crippen LogP contribution in [-0.2, 0) is 16.0 Å². The average molecular weight is 446 g/mol. The van der Waals surface area contributed by atoms with Crippen molar-refractivity contribution < 1.29 is 23.9 Å². The molecular weight excluding hydrogens is 428 g/mol. The van der Waals surface area contributed by atoms with Crippen molar-refractivity contribution in [3.63, 3.8) is 0 Å². The number of aryl methyl sites for hydroxylation is 1. The Labute approximate surface area is 189 Å². The predicted molar refractivity (Wildman–Crippen MR) is 123 cm³/mol. The molecule has 1 saturated heterocycles. The number of benzene rings is 2. The van der Waals surface area contributed by atoms with Gasteiger partial charge >= 0.3 is 5.97 Å². The third-order valence-electron chi connectivity index (χ3n) is 5.01. The summed E-state index contributed by atoms with van der Waals surface area (Å²) in [5.41, 5.74) is 2.22. The second-order valence-electron chi connectivity index (χ2n) is 7.07. The SMILES string of the molecule is CCc1ccc(N2C(=O)/C(=C\c3ccc(-c4cccc(C(=O)O)c4)o3)C(=O)NC2=S)cc1. The first-order valence-electron chi connectivity index (χ1n) is 9.81. The second kappa shape index (κ2) is 8.60. The van der Waals surface area contributed by atoms with E-state index in [-0.39, 0.29) is 22.0 Å². The zero-order valence-corrected chi connectivity index (χ0v) is 17.8. The molecule has 32 heavy (non-hydrogen) atoms. The summed E-state index contributed by atoms with van der Waals surface area (Å²) in [6.45, 7) is 2.03. The fraction of sp³-hybridized carbons (Fsp3) is 0.0833. The molecule has 1 aliphatic rings. The maximum Gasteiger partial charge on any atom is 0.335 e. The number of carboxylic acid groups (broad SMARTS) is 1. The molecule has 2 amide bonds. The van der Waals surface area contributed by atoms with Gasteiger partial charge < -0.3 is 9.52 Å². The van der Waals surface area contributed by atoms with Crippen LogP contribution >= 0.6 is 12.2 Å². The number of carbonyl (C=O) groups is 3. The molecule has 1 fully saturated rings. The van der Waals surface area contributed by atoms with Crippen molar-refractivity contribution >= 4 is 46.9 Å². The van der Waals surface area contributed by atoms with Gasteiger partial charge in [0.05, 0.1) is 11.3 Å². The van der Waals surface area contributed by atoms with E-state index < -0.39 is 17.8 Å². The van der Waals surface area contributed by atoms with Gasteiger partial charge in [-0.25, -0.2) is 4.79 Å². The number of aromatic carboxylic acids is 1. The molecule has 7 nitrogen and oxygen atoms in total. The Hall–Kier alpha value is -4.04. The quantitative estimate of drug-likeness (QED) is 0.349. The van der Waals surface area contributed by atoms with Gasteiger partial charge in [0.15, 0.2) is 5.11 Å². The van der Waals surface area contributed by atoms with Crippen LogP contribution in [0.4, 0.5) is 5.69 Å². The minimum atomic E-state index is -1.05. The summed E-state index contributed by atoms with van der Waals surface area (Å²) in [5, 5.41) is 11.7. The van der Waals surface area contributed by atoms with E-state index >= 15 is 0 Å². The summed E-state index contributed by atoms with van der Waals surface area (Å²) >= 11 is 5.22. The molecule has 2 N–H and O–H groups in total. The molecule has 3 aromatic rings. The van der Waals surface area contributed by atoms with Crippen LogP contribution in [0.15, 0.2) is 70.7 Å². The van der Waals surface area contributed by atoms with Crippen molar-refractivity contribution in [3.05, 3.63) is 83.1 Å². The summed E-state index contributed by atoms with van der Waals surface area (Å²) in [6, 6.07) is 16.9. The number of hydrogen-bond acceptors (Lipinski definition) is 5. The van der Waals surface area contributed by atoms with Gasteiger partial charge in [0.25, 0.3) is 11.8 Å². The lowest BCUT2D eigenvalue weighted by atomic mass is 10.1. The van der Waals surface area contributed by atoms with Gasteiger partial charge in [-0.3, -0.25) is 19.8 Å². The summed E-state index contributed by atoms with van der Waals surface area (Å²) in [7, 11) is 0. The molecule has 0 radical (unpaired) electrons. The van der Waals surface area contributed by atoms with Crippen LogP contribution < -0.4 is 10.2 Å². The lowest BCUT2D eigenvalue weighted by Gasteiger charge is -2.28. The van der Waals surface area contributed by atoms with Gasteiger partial charge in [-0.1, -0.05) is 31.2 Å². The molecule has 0 spiro atoms. The molecule has 0 bridgehead atoms. The molecule has 0 atom stereocenters. The van der Waals surface area contributed by atoms with E-state index in [9.17, 15) is 14.4 Å². The Bertz CT molecular complexity index is 1270. The Morgan fingerprint density at radius 2 is 1.88 bits per heavy atom. The molecule has 2 heterocycles. The van der Waals surface area contributed by atoms with Crippen molar-refractivity contribution in [1.29, 1.82) is 0 Å². The molecule has 4 rings (SSSR count). The van der Waals surface area contributed by atoms with Crippen molar-refractivity contribution in [3.8, 4) is 11.3 Å². The minimum absolute atomic E-state index is 0.00650. The largest absolute Gasteiger partial charge is 0.478 e. The molecule has 160 valence electrons. The number of furan rings is 1. The van der Waals surface area contributed by atoms with Gasteiger partial charge in [-0.2, -0.15) is 0 Å². The first-order valence-corrected chi connectivity index (χ1v) is 10.2. The third kappa shape index (κ3) is 4.08. The van der Waals surface area contributed by atoms with E-state index in [4.69, 9.17) is 21.7 Å². The number of thiocarbonyl (C=S) groups is 1. The highest BCUT2D eigenvalue weighted by atomic mass is 32.1. The van der Waals surface area contributed by atoms with Crippen LogP contribution in [0.1, 0.15) is 28.6 Å². The maximum absolute atomic E-state index is 13.1.